The van der Waals surface area contributed by atoms with E-state index >= 15 is 0 Å². The van der Waals surface area contributed by atoms with E-state index in [0.29, 0.717) is 5.92 Å². The predicted molar refractivity (Wildman–Crippen MR) is 102 cm³/mol. The van der Waals surface area contributed by atoms with Gasteiger partial charge in [0.25, 0.3) is 0 Å². The number of benzene rings is 2. The highest BCUT2D eigenvalue weighted by Crippen LogP contribution is 2.30. The first-order chi connectivity index (χ1) is 12.2. The van der Waals surface area contributed by atoms with Gasteiger partial charge in [0, 0.05) is 22.7 Å². The second-order valence-electron chi connectivity index (χ2n) is 6.45. The van der Waals surface area contributed by atoms with Gasteiger partial charge < -0.3 is 0 Å². The lowest BCUT2D eigenvalue weighted by Gasteiger charge is -2.16. The van der Waals surface area contributed by atoms with Gasteiger partial charge >= 0.3 is 0 Å². The molecule has 2 heteroatoms. The van der Waals surface area contributed by atoms with Crippen molar-refractivity contribution in [3.63, 3.8) is 0 Å². The summed E-state index contributed by atoms with van der Waals surface area (Å²) in [7, 11) is 0. The monoisotopic (exact) mass is 329 g/mol. The van der Waals surface area contributed by atoms with E-state index in [0.717, 1.165) is 35.4 Å². The summed E-state index contributed by atoms with van der Waals surface area (Å²) in [6.07, 6.45) is 10.5. The van der Waals surface area contributed by atoms with Gasteiger partial charge in [0.2, 0.25) is 0 Å². The number of halogens is 1. The second kappa shape index (κ2) is 6.64. The molecular weight excluding hydrogens is 309 g/mol. The summed E-state index contributed by atoms with van der Waals surface area (Å²) in [5.41, 5.74) is 4.38. The van der Waals surface area contributed by atoms with E-state index < -0.39 is 0 Å². The van der Waals surface area contributed by atoms with Crippen LogP contribution < -0.4 is 0 Å². The van der Waals surface area contributed by atoms with Gasteiger partial charge in [0.15, 0.2) is 0 Å². The Morgan fingerprint density at radius 2 is 1.80 bits per heavy atom. The molecule has 0 amide bonds. The summed E-state index contributed by atoms with van der Waals surface area (Å²) < 4.78 is 13.2. The van der Waals surface area contributed by atoms with Crippen molar-refractivity contribution < 1.29 is 4.39 Å². The molecule has 124 valence electrons. The van der Waals surface area contributed by atoms with E-state index in [1.54, 1.807) is 0 Å². The molecular formula is C23H20FN. The van der Waals surface area contributed by atoms with E-state index in [9.17, 15) is 4.39 Å². The van der Waals surface area contributed by atoms with E-state index in [2.05, 4.69) is 55.5 Å². The van der Waals surface area contributed by atoms with Gasteiger partial charge in [-0.25, -0.2) is 4.39 Å². The Morgan fingerprint density at radius 3 is 2.52 bits per heavy atom. The van der Waals surface area contributed by atoms with Gasteiger partial charge in [-0.2, -0.15) is 0 Å². The normalized spacial score (nSPS) is 16.5. The maximum absolute atomic E-state index is 13.2. The Hall–Kier alpha value is -2.74. The molecule has 1 unspecified atom stereocenters. The summed E-state index contributed by atoms with van der Waals surface area (Å²) in [6.45, 7) is 2.15. The zero-order valence-corrected chi connectivity index (χ0v) is 14.2. The topological polar surface area (TPSA) is 12.9 Å². The van der Waals surface area contributed by atoms with Gasteiger partial charge in [-0.1, -0.05) is 55.5 Å². The maximum atomic E-state index is 13.2. The molecule has 0 fully saturated rings. The van der Waals surface area contributed by atoms with Crippen LogP contribution in [0.25, 0.3) is 21.9 Å². The van der Waals surface area contributed by atoms with Crippen molar-refractivity contribution in [2.24, 2.45) is 0 Å². The van der Waals surface area contributed by atoms with Crippen molar-refractivity contribution >= 4 is 10.8 Å². The Balaban J connectivity index is 1.81. The molecule has 2 aromatic carbocycles. The minimum atomic E-state index is -0.209. The van der Waals surface area contributed by atoms with Gasteiger partial charge in [0.1, 0.15) is 5.82 Å². The van der Waals surface area contributed by atoms with Gasteiger partial charge in [0.05, 0.1) is 0 Å². The maximum Gasteiger partial charge on any atom is 0.123 e. The number of hydrogen-bond acceptors (Lipinski definition) is 1. The van der Waals surface area contributed by atoms with Gasteiger partial charge in [-0.3, -0.25) is 4.98 Å². The Bertz CT molecular complexity index is 967. The van der Waals surface area contributed by atoms with E-state index in [4.69, 9.17) is 4.98 Å². The second-order valence-corrected chi connectivity index (χ2v) is 6.45. The van der Waals surface area contributed by atoms with Gasteiger partial charge in [-0.15, -0.1) is 0 Å². The lowest BCUT2D eigenvalue weighted by atomic mass is 9.93. The van der Waals surface area contributed by atoms with Crippen molar-refractivity contribution in [2.45, 2.75) is 25.7 Å². The van der Waals surface area contributed by atoms with E-state index in [1.165, 1.54) is 22.9 Å². The Kier molecular flexibility index (Phi) is 4.19. The molecule has 3 aromatic rings. The van der Waals surface area contributed by atoms with Crippen molar-refractivity contribution in [2.75, 3.05) is 0 Å². The molecule has 1 nitrogen and oxygen atoms in total. The van der Waals surface area contributed by atoms with Crippen LogP contribution in [-0.4, -0.2) is 4.98 Å². The molecule has 0 radical (unpaired) electrons. The summed E-state index contributed by atoms with van der Waals surface area (Å²) in [6, 6.07) is 15.3. The highest BCUT2D eigenvalue weighted by atomic mass is 19.1. The molecule has 0 spiro atoms. The first-order valence-corrected chi connectivity index (χ1v) is 8.77. The number of nitrogens with zero attached hydrogens (tertiary/aromatic N) is 1. The quantitative estimate of drug-likeness (QED) is 0.557. The van der Waals surface area contributed by atoms with E-state index in [1.807, 2.05) is 12.1 Å². The minimum absolute atomic E-state index is 0.209. The molecule has 0 saturated heterocycles. The predicted octanol–water partition coefficient (Wildman–Crippen LogP) is 6.20. The fourth-order valence-corrected chi connectivity index (χ4v) is 3.42. The first kappa shape index (κ1) is 15.8. The smallest absolute Gasteiger partial charge is 0.123 e. The zero-order chi connectivity index (χ0) is 17.2. The molecule has 0 aliphatic heterocycles. The van der Waals surface area contributed by atoms with Crippen molar-refractivity contribution in [3.8, 4) is 11.1 Å². The van der Waals surface area contributed by atoms with Crippen LogP contribution in [-0.2, 0) is 6.42 Å². The van der Waals surface area contributed by atoms with Crippen LogP contribution in [0, 0.1) is 5.82 Å². The van der Waals surface area contributed by atoms with Crippen LogP contribution in [0.4, 0.5) is 4.39 Å². The SMILES string of the molecule is CCc1nc(C2C=CC=CC2)cc2ccc(-c3ccc(F)cc3)cc12. The minimum Gasteiger partial charge on any atom is -0.257 e. The largest absolute Gasteiger partial charge is 0.257 e. The van der Waals surface area contributed by atoms with Crippen LogP contribution in [0.5, 0.6) is 0 Å². The average molecular weight is 329 g/mol. The number of rotatable bonds is 3. The molecule has 4 rings (SSSR count). The molecule has 25 heavy (non-hydrogen) atoms. The van der Waals surface area contributed by atoms with Crippen LogP contribution in [0.3, 0.4) is 0 Å². The Morgan fingerprint density at radius 1 is 1.00 bits per heavy atom. The molecule has 0 saturated carbocycles. The standard InChI is InChI=1S/C23H20FN/c1-2-22-21-14-18(16-10-12-20(24)13-11-16)8-9-19(21)15-23(25-22)17-6-4-3-5-7-17/h3-6,8-15,17H,2,7H2,1H3. The first-order valence-electron chi connectivity index (χ1n) is 8.77. The van der Waals surface area contributed by atoms with Crippen molar-refractivity contribution in [1.82, 2.24) is 4.98 Å². The fraction of sp³-hybridized carbons (Fsp3) is 0.174. The van der Waals surface area contributed by atoms with Crippen LogP contribution in [0.15, 0.2) is 72.8 Å². The summed E-state index contributed by atoms with van der Waals surface area (Å²) in [4.78, 5) is 4.95. The summed E-state index contributed by atoms with van der Waals surface area (Å²) in [5, 5.41) is 2.40. The molecule has 0 N–H and O–H groups in total. The van der Waals surface area contributed by atoms with Crippen molar-refractivity contribution in [1.29, 1.82) is 0 Å². The number of allylic oxidation sites excluding steroid dienone is 4. The highest BCUT2D eigenvalue weighted by molar-refractivity contribution is 5.89. The fourth-order valence-electron chi connectivity index (χ4n) is 3.42. The molecule has 1 aliphatic carbocycles. The molecule has 1 heterocycles. The average Bonchev–Trinajstić information content (AvgIpc) is 2.68. The highest BCUT2D eigenvalue weighted by Gasteiger charge is 2.13. The van der Waals surface area contributed by atoms with Crippen LogP contribution in [0.2, 0.25) is 0 Å². The number of aromatic nitrogens is 1. The van der Waals surface area contributed by atoms with E-state index in [-0.39, 0.29) is 5.82 Å². The van der Waals surface area contributed by atoms with Crippen LogP contribution >= 0.6 is 0 Å². The summed E-state index contributed by atoms with van der Waals surface area (Å²) in [5.74, 6) is 0.149. The third-order valence-electron chi connectivity index (χ3n) is 4.80. The number of pyridine rings is 1. The molecule has 1 aliphatic rings. The zero-order valence-electron chi connectivity index (χ0n) is 14.2. The number of hydrogen-bond donors (Lipinski definition) is 0. The lowest BCUT2D eigenvalue weighted by molar-refractivity contribution is 0.628. The molecule has 1 aromatic heterocycles. The Labute approximate surface area is 147 Å². The molecule has 0 bridgehead atoms. The number of aryl methyl sites for hydroxylation is 1. The molecule has 1 atom stereocenters. The third kappa shape index (κ3) is 3.12. The van der Waals surface area contributed by atoms with Gasteiger partial charge in [-0.05, 0) is 53.6 Å². The third-order valence-corrected chi connectivity index (χ3v) is 4.80. The lowest BCUT2D eigenvalue weighted by Crippen LogP contribution is -2.03. The number of fused-ring (bicyclic) bond motifs is 1. The van der Waals surface area contributed by atoms with Crippen molar-refractivity contribution in [3.05, 3.63) is 90.0 Å². The summed E-state index contributed by atoms with van der Waals surface area (Å²) >= 11 is 0. The van der Waals surface area contributed by atoms with Crippen LogP contribution in [0.1, 0.15) is 30.7 Å².